The third-order valence-corrected chi connectivity index (χ3v) is 5.62. The lowest BCUT2D eigenvalue weighted by atomic mass is 9.94. The molecule has 0 fully saturated rings. The number of fused-ring (bicyclic) bond motifs is 3. The molecule has 1 aliphatic heterocycles. The number of nitro benzene ring substituents is 1. The van der Waals surface area contributed by atoms with E-state index in [1.54, 1.807) is 29.5 Å². The summed E-state index contributed by atoms with van der Waals surface area (Å²) in [6, 6.07) is 6.50. The molecule has 1 aliphatic carbocycles. The van der Waals surface area contributed by atoms with Crippen LogP contribution < -0.4 is 10.6 Å². The van der Waals surface area contributed by atoms with Crippen LogP contribution in [0.1, 0.15) is 45.4 Å². The molecular weight excluding hydrogens is 314 g/mol. The highest BCUT2D eigenvalue weighted by atomic mass is 32.1. The molecule has 118 valence electrons. The van der Waals surface area contributed by atoms with Crippen LogP contribution in [0.15, 0.2) is 24.3 Å². The van der Waals surface area contributed by atoms with Crippen molar-refractivity contribution in [1.29, 1.82) is 0 Å². The van der Waals surface area contributed by atoms with Crippen LogP contribution in [0.5, 0.6) is 0 Å². The largest absolute Gasteiger partial charge is 0.352 e. The molecule has 7 heteroatoms. The zero-order valence-electron chi connectivity index (χ0n) is 12.3. The van der Waals surface area contributed by atoms with Gasteiger partial charge in [0, 0.05) is 10.9 Å². The molecule has 2 N–H and O–H groups in total. The molecule has 0 saturated heterocycles. The Balaban J connectivity index is 1.75. The van der Waals surface area contributed by atoms with Crippen molar-refractivity contribution >= 4 is 27.9 Å². The monoisotopic (exact) mass is 329 g/mol. The second-order valence-electron chi connectivity index (χ2n) is 5.78. The minimum absolute atomic E-state index is 0.00932. The molecule has 4 rings (SSSR count). The summed E-state index contributed by atoms with van der Waals surface area (Å²) in [5.74, 6) is -0.138. The molecule has 0 spiro atoms. The highest BCUT2D eigenvalue weighted by molar-refractivity contribution is 7.16. The van der Waals surface area contributed by atoms with Gasteiger partial charge in [-0.1, -0.05) is 12.1 Å². The number of benzene rings is 1. The van der Waals surface area contributed by atoms with Gasteiger partial charge in [-0.25, -0.2) is 0 Å². The van der Waals surface area contributed by atoms with Crippen molar-refractivity contribution < 1.29 is 9.72 Å². The predicted molar refractivity (Wildman–Crippen MR) is 87.9 cm³/mol. The van der Waals surface area contributed by atoms with Crippen LogP contribution in [0.25, 0.3) is 0 Å². The predicted octanol–water partition coefficient (Wildman–Crippen LogP) is 3.39. The molecule has 0 bridgehead atoms. The number of amides is 1. The first-order valence-corrected chi connectivity index (χ1v) is 8.42. The van der Waals surface area contributed by atoms with Gasteiger partial charge in [-0.05, 0) is 37.3 Å². The van der Waals surface area contributed by atoms with Crippen molar-refractivity contribution in [2.45, 2.75) is 31.8 Å². The molecule has 1 aromatic carbocycles. The number of nitro groups is 1. The first-order chi connectivity index (χ1) is 11.1. The fourth-order valence-corrected chi connectivity index (χ4v) is 4.65. The number of hydrogen-bond donors (Lipinski definition) is 2. The summed E-state index contributed by atoms with van der Waals surface area (Å²) in [5.41, 5.74) is 2.37. The molecule has 23 heavy (non-hydrogen) atoms. The van der Waals surface area contributed by atoms with Crippen LogP contribution in [0.2, 0.25) is 0 Å². The number of nitrogens with one attached hydrogen (secondary N) is 2. The van der Waals surface area contributed by atoms with Crippen molar-refractivity contribution in [3.8, 4) is 0 Å². The zero-order valence-corrected chi connectivity index (χ0v) is 13.1. The van der Waals surface area contributed by atoms with Crippen LogP contribution in [-0.2, 0) is 12.8 Å². The molecule has 1 unspecified atom stereocenters. The summed E-state index contributed by atoms with van der Waals surface area (Å²) in [6.07, 6.45) is 3.64. The summed E-state index contributed by atoms with van der Waals surface area (Å²) in [7, 11) is 0. The van der Waals surface area contributed by atoms with Gasteiger partial charge in [-0.3, -0.25) is 14.9 Å². The van der Waals surface area contributed by atoms with Crippen LogP contribution in [0, 0.1) is 10.1 Å². The van der Waals surface area contributed by atoms with Gasteiger partial charge in [0.15, 0.2) is 0 Å². The zero-order chi connectivity index (χ0) is 16.0. The molecule has 0 radical (unpaired) electrons. The summed E-state index contributed by atoms with van der Waals surface area (Å²) in [5, 5.41) is 18.2. The molecule has 2 heterocycles. The molecule has 0 saturated carbocycles. The molecule has 1 aromatic heterocycles. The normalized spacial score (nSPS) is 19.3. The van der Waals surface area contributed by atoms with Gasteiger partial charge in [0.25, 0.3) is 11.6 Å². The van der Waals surface area contributed by atoms with Gasteiger partial charge in [0.05, 0.1) is 16.1 Å². The number of anilines is 1. The van der Waals surface area contributed by atoms with Gasteiger partial charge >= 0.3 is 0 Å². The van der Waals surface area contributed by atoms with Crippen molar-refractivity contribution in [3.05, 3.63) is 55.9 Å². The van der Waals surface area contributed by atoms with Crippen LogP contribution in [-0.4, -0.2) is 10.8 Å². The minimum Gasteiger partial charge on any atom is -0.352 e. The standard InChI is InChI=1S/C16H15N3O3S/c20-15-13-10-6-2-4-8-12(10)23-16(13)18-14(17-15)9-5-1-3-7-11(9)19(21)22/h1,3,5,7,14,18H,2,4,6,8H2,(H,17,20). The van der Waals surface area contributed by atoms with E-state index in [9.17, 15) is 14.9 Å². The number of hydrogen-bond acceptors (Lipinski definition) is 5. The van der Waals surface area contributed by atoms with Crippen molar-refractivity contribution in [2.75, 3.05) is 5.32 Å². The quantitative estimate of drug-likeness (QED) is 0.653. The van der Waals surface area contributed by atoms with Gasteiger partial charge in [0.1, 0.15) is 11.2 Å². The number of aryl methyl sites for hydroxylation is 1. The number of carbonyl (C=O) groups excluding carboxylic acids is 1. The van der Waals surface area contributed by atoms with Crippen LogP contribution in [0.4, 0.5) is 10.7 Å². The van der Waals surface area contributed by atoms with Gasteiger partial charge in [-0.2, -0.15) is 0 Å². The molecule has 2 aromatic rings. The Kier molecular flexibility index (Phi) is 3.30. The Morgan fingerprint density at radius 3 is 2.78 bits per heavy atom. The van der Waals surface area contributed by atoms with Crippen molar-refractivity contribution in [1.82, 2.24) is 5.32 Å². The second-order valence-corrected chi connectivity index (χ2v) is 6.89. The Morgan fingerprint density at radius 2 is 1.96 bits per heavy atom. The van der Waals surface area contributed by atoms with Crippen molar-refractivity contribution in [2.24, 2.45) is 0 Å². The minimum atomic E-state index is -0.572. The number of thiophene rings is 1. The lowest BCUT2D eigenvalue weighted by Crippen LogP contribution is -2.38. The first-order valence-electron chi connectivity index (χ1n) is 7.60. The fourth-order valence-electron chi connectivity index (χ4n) is 3.33. The number of rotatable bonds is 2. The van der Waals surface area contributed by atoms with E-state index in [-0.39, 0.29) is 11.6 Å². The van der Waals surface area contributed by atoms with Crippen LogP contribution >= 0.6 is 11.3 Å². The number of nitrogens with zero attached hydrogens (tertiary/aromatic N) is 1. The van der Waals surface area contributed by atoms with E-state index >= 15 is 0 Å². The maximum Gasteiger partial charge on any atom is 0.276 e. The summed E-state index contributed by atoms with van der Waals surface area (Å²) in [4.78, 5) is 24.6. The maximum absolute atomic E-state index is 12.6. The third-order valence-electron chi connectivity index (χ3n) is 4.39. The topological polar surface area (TPSA) is 84.3 Å². The highest BCUT2D eigenvalue weighted by Crippen LogP contribution is 2.42. The smallest absolute Gasteiger partial charge is 0.276 e. The lowest BCUT2D eigenvalue weighted by molar-refractivity contribution is -0.385. The van der Waals surface area contributed by atoms with E-state index in [0.717, 1.165) is 41.8 Å². The number of para-hydroxylation sites is 1. The van der Waals surface area contributed by atoms with E-state index in [1.165, 1.54) is 10.9 Å². The molecule has 2 aliphatic rings. The Bertz CT molecular complexity index is 815. The summed E-state index contributed by atoms with van der Waals surface area (Å²) in [6.45, 7) is 0. The average molecular weight is 329 g/mol. The Hall–Kier alpha value is -2.41. The van der Waals surface area contributed by atoms with E-state index < -0.39 is 11.1 Å². The van der Waals surface area contributed by atoms with E-state index in [1.807, 2.05) is 0 Å². The SMILES string of the molecule is O=C1NC(c2ccccc2[N+](=O)[O-])Nc2sc3c(c21)CCCC3. The summed E-state index contributed by atoms with van der Waals surface area (Å²) >= 11 is 1.61. The lowest BCUT2D eigenvalue weighted by Gasteiger charge is -2.26. The highest BCUT2D eigenvalue weighted by Gasteiger charge is 2.34. The van der Waals surface area contributed by atoms with E-state index in [4.69, 9.17) is 0 Å². The number of carbonyl (C=O) groups is 1. The summed E-state index contributed by atoms with van der Waals surface area (Å²) < 4.78 is 0. The molecule has 6 nitrogen and oxygen atoms in total. The third kappa shape index (κ3) is 2.28. The fraction of sp³-hybridized carbons (Fsp3) is 0.312. The van der Waals surface area contributed by atoms with Crippen molar-refractivity contribution in [3.63, 3.8) is 0 Å². The van der Waals surface area contributed by atoms with Gasteiger partial charge < -0.3 is 10.6 Å². The van der Waals surface area contributed by atoms with E-state index in [0.29, 0.717) is 5.56 Å². The first kappa shape index (κ1) is 14.2. The Morgan fingerprint density at radius 1 is 1.17 bits per heavy atom. The molecular formula is C16H15N3O3S. The Labute approximate surface area is 136 Å². The molecule has 1 atom stereocenters. The van der Waals surface area contributed by atoms with E-state index in [2.05, 4.69) is 10.6 Å². The maximum atomic E-state index is 12.6. The molecule has 1 amide bonds. The van der Waals surface area contributed by atoms with Gasteiger partial charge in [-0.15, -0.1) is 11.3 Å². The average Bonchev–Trinajstić information content (AvgIpc) is 2.93. The van der Waals surface area contributed by atoms with Crippen LogP contribution in [0.3, 0.4) is 0 Å². The second kappa shape index (κ2) is 5.34. The van der Waals surface area contributed by atoms with Gasteiger partial charge in [0.2, 0.25) is 0 Å².